The summed E-state index contributed by atoms with van der Waals surface area (Å²) < 4.78 is 25.9. The zero-order valence-electron chi connectivity index (χ0n) is 10.9. The van der Waals surface area contributed by atoms with Crippen molar-refractivity contribution in [2.45, 2.75) is 25.3 Å². The molecule has 0 spiro atoms. The number of sulfonamides is 1. The van der Waals surface area contributed by atoms with E-state index in [-0.39, 0.29) is 24.2 Å². The van der Waals surface area contributed by atoms with Gasteiger partial charge in [-0.3, -0.25) is 0 Å². The van der Waals surface area contributed by atoms with Crippen LogP contribution in [0.3, 0.4) is 0 Å². The highest BCUT2D eigenvalue weighted by Crippen LogP contribution is 2.14. The van der Waals surface area contributed by atoms with E-state index in [1.807, 2.05) is 30.3 Å². The fraction of sp³-hybridized carbons (Fsp3) is 0.538. The quantitative estimate of drug-likeness (QED) is 0.914. The number of aryl methyl sites for hydroxylation is 1. The van der Waals surface area contributed by atoms with Gasteiger partial charge in [-0.25, -0.2) is 12.7 Å². The van der Waals surface area contributed by atoms with Gasteiger partial charge in [-0.1, -0.05) is 30.3 Å². The topological polar surface area (TPSA) is 63.4 Å². The van der Waals surface area contributed by atoms with E-state index < -0.39 is 10.0 Å². The Kier molecular flexibility index (Phi) is 6.26. The molecule has 1 aromatic rings. The second-order valence-corrected chi connectivity index (χ2v) is 6.88. The van der Waals surface area contributed by atoms with Crippen LogP contribution in [0.5, 0.6) is 0 Å². The van der Waals surface area contributed by atoms with Crippen LogP contribution in [0.2, 0.25) is 0 Å². The summed E-state index contributed by atoms with van der Waals surface area (Å²) in [6, 6.07) is 9.88. The number of nitrogens with zero attached hydrogens (tertiary/aromatic N) is 1. The molecule has 1 aromatic carbocycles. The molecule has 0 saturated carbocycles. The van der Waals surface area contributed by atoms with Crippen molar-refractivity contribution in [3.05, 3.63) is 35.9 Å². The van der Waals surface area contributed by atoms with E-state index in [2.05, 4.69) is 0 Å². The Morgan fingerprint density at radius 2 is 1.74 bits per heavy atom. The van der Waals surface area contributed by atoms with Crippen molar-refractivity contribution in [3.8, 4) is 0 Å². The second kappa shape index (κ2) is 7.24. The molecule has 1 heterocycles. The Balaban J connectivity index is 0.00000180. The Morgan fingerprint density at radius 3 is 2.32 bits per heavy atom. The number of piperidine rings is 1. The lowest BCUT2D eigenvalue weighted by molar-refractivity contribution is 0.320. The molecular formula is C13H21ClN2O2S. The Bertz CT molecular complexity index is 471. The normalized spacial score (nSPS) is 17.9. The lowest BCUT2D eigenvalue weighted by Gasteiger charge is -2.29. The molecule has 4 nitrogen and oxygen atoms in total. The SMILES string of the molecule is Cl.NC1CCN(S(=O)(=O)CCc2ccccc2)CC1. The average Bonchev–Trinajstić information content (AvgIpc) is 2.38. The number of hydrogen-bond donors (Lipinski definition) is 1. The van der Waals surface area contributed by atoms with Gasteiger partial charge < -0.3 is 5.73 Å². The lowest BCUT2D eigenvalue weighted by atomic mass is 10.1. The van der Waals surface area contributed by atoms with Gasteiger partial charge in [-0.05, 0) is 24.8 Å². The molecular weight excluding hydrogens is 284 g/mol. The number of halogens is 1. The van der Waals surface area contributed by atoms with Crippen LogP contribution in [-0.4, -0.2) is 37.6 Å². The highest BCUT2D eigenvalue weighted by atomic mass is 35.5. The highest BCUT2D eigenvalue weighted by molar-refractivity contribution is 7.89. The second-order valence-electron chi connectivity index (χ2n) is 4.79. The largest absolute Gasteiger partial charge is 0.328 e. The first kappa shape index (κ1) is 16.4. The van der Waals surface area contributed by atoms with E-state index in [4.69, 9.17) is 5.73 Å². The van der Waals surface area contributed by atoms with Crippen LogP contribution in [0.25, 0.3) is 0 Å². The van der Waals surface area contributed by atoms with Gasteiger partial charge in [0.1, 0.15) is 0 Å². The number of benzene rings is 1. The minimum atomic E-state index is -3.13. The van der Waals surface area contributed by atoms with E-state index in [0.717, 1.165) is 18.4 Å². The summed E-state index contributed by atoms with van der Waals surface area (Å²) >= 11 is 0. The van der Waals surface area contributed by atoms with Gasteiger partial charge in [0.25, 0.3) is 0 Å². The molecule has 0 atom stereocenters. The van der Waals surface area contributed by atoms with Gasteiger partial charge in [-0.15, -0.1) is 12.4 Å². The summed E-state index contributed by atoms with van der Waals surface area (Å²) in [6.07, 6.45) is 2.11. The Labute approximate surface area is 121 Å². The van der Waals surface area contributed by atoms with Crippen LogP contribution in [0.15, 0.2) is 30.3 Å². The third-order valence-electron chi connectivity index (χ3n) is 3.38. The van der Waals surface area contributed by atoms with Gasteiger partial charge in [0, 0.05) is 19.1 Å². The van der Waals surface area contributed by atoms with Crippen molar-refractivity contribution < 1.29 is 8.42 Å². The van der Waals surface area contributed by atoms with Gasteiger partial charge in [0.05, 0.1) is 5.75 Å². The van der Waals surface area contributed by atoms with Crippen LogP contribution in [0, 0.1) is 0 Å². The van der Waals surface area contributed by atoms with E-state index in [0.29, 0.717) is 19.5 Å². The molecule has 2 N–H and O–H groups in total. The zero-order chi connectivity index (χ0) is 13.0. The van der Waals surface area contributed by atoms with Crippen molar-refractivity contribution >= 4 is 22.4 Å². The summed E-state index contributed by atoms with van der Waals surface area (Å²) in [4.78, 5) is 0. The average molecular weight is 305 g/mol. The Morgan fingerprint density at radius 1 is 1.16 bits per heavy atom. The molecule has 0 unspecified atom stereocenters. The Hall–Kier alpha value is -0.620. The summed E-state index contributed by atoms with van der Waals surface area (Å²) in [5, 5.41) is 0. The fourth-order valence-corrected chi connectivity index (χ4v) is 3.69. The van der Waals surface area contributed by atoms with Crippen LogP contribution in [0.1, 0.15) is 18.4 Å². The zero-order valence-corrected chi connectivity index (χ0v) is 12.5. The molecule has 0 aromatic heterocycles. The van der Waals surface area contributed by atoms with E-state index >= 15 is 0 Å². The minimum absolute atomic E-state index is 0. The molecule has 1 aliphatic rings. The maximum Gasteiger partial charge on any atom is 0.214 e. The summed E-state index contributed by atoms with van der Waals surface area (Å²) in [5.41, 5.74) is 6.85. The number of nitrogens with two attached hydrogens (primary N) is 1. The first-order chi connectivity index (χ1) is 8.58. The predicted molar refractivity (Wildman–Crippen MR) is 80.0 cm³/mol. The molecule has 0 aliphatic carbocycles. The first-order valence-electron chi connectivity index (χ1n) is 6.35. The molecule has 108 valence electrons. The molecule has 6 heteroatoms. The minimum Gasteiger partial charge on any atom is -0.328 e. The third kappa shape index (κ3) is 4.76. The number of rotatable bonds is 4. The molecule has 19 heavy (non-hydrogen) atoms. The molecule has 0 radical (unpaired) electrons. The van der Waals surface area contributed by atoms with Crippen LogP contribution >= 0.6 is 12.4 Å². The van der Waals surface area contributed by atoms with Crippen LogP contribution in [0.4, 0.5) is 0 Å². The number of hydrogen-bond acceptors (Lipinski definition) is 3. The van der Waals surface area contributed by atoms with Crippen molar-refractivity contribution in [1.82, 2.24) is 4.31 Å². The summed E-state index contributed by atoms with van der Waals surface area (Å²) in [6.45, 7) is 1.14. The molecule has 0 bridgehead atoms. The molecule has 2 rings (SSSR count). The van der Waals surface area contributed by atoms with Crippen molar-refractivity contribution in [2.75, 3.05) is 18.8 Å². The third-order valence-corrected chi connectivity index (χ3v) is 5.26. The smallest absolute Gasteiger partial charge is 0.214 e. The van der Waals surface area contributed by atoms with Gasteiger partial charge >= 0.3 is 0 Å². The maximum atomic E-state index is 12.2. The summed E-state index contributed by atoms with van der Waals surface area (Å²) in [7, 11) is -3.13. The highest BCUT2D eigenvalue weighted by Gasteiger charge is 2.26. The van der Waals surface area contributed by atoms with E-state index in [1.54, 1.807) is 4.31 Å². The molecule has 0 amide bonds. The van der Waals surface area contributed by atoms with Crippen molar-refractivity contribution in [3.63, 3.8) is 0 Å². The van der Waals surface area contributed by atoms with Crippen LogP contribution < -0.4 is 5.73 Å². The van der Waals surface area contributed by atoms with Gasteiger partial charge in [0.15, 0.2) is 0 Å². The van der Waals surface area contributed by atoms with Gasteiger partial charge in [0.2, 0.25) is 10.0 Å². The maximum absolute atomic E-state index is 12.2. The van der Waals surface area contributed by atoms with E-state index in [9.17, 15) is 8.42 Å². The van der Waals surface area contributed by atoms with Crippen molar-refractivity contribution in [2.24, 2.45) is 5.73 Å². The van der Waals surface area contributed by atoms with E-state index in [1.165, 1.54) is 0 Å². The first-order valence-corrected chi connectivity index (χ1v) is 7.96. The van der Waals surface area contributed by atoms with Crippen LogP contribution in [-0.2, 0) is 16.4 Å². The molecule has 1 fully saturated rings. The molecule has 1 saturated heterocycles. The lowest BCUT2D eigenvalue weighted by Crippen LogP contribution is -2.43. The summed E-state index contributed by atoms with van der Waals surface area (Å²) in [5.74, 6) is 0.187. The molecule has 1 aliphatic heterocycles. The fourth-order valence-electron chi connectivity index (χ4n) is 2.17. The standard InChI is InChI=1S/C13H20N2O2S.ClH/c14-13-6-9-15(10-7-13)18(16,17)11-8-12-4-2-1-3-5-12;/h1-5,13H,6-11,14H2;1H. The van der Waals surface area contributed by atoms with Crippen molar-refractivity contribution in [1.29, 1.82) is 0 Å². The predicted octanol–water partition coefficient (Wildman–Crippen LogP) is 1.40. The monoisotopic (exact) mass is 304 g/mol. The van der Waals surface area contributed by atoms with Gasteiger partial charge in [-0.2, -0.15) is 0 Å².